The van der Waals surface area contributed by atoms with Gasteiger partial charge in [-0.3, -0.25) is 14.5 Å². The summed E-state index contributed by atoms with van der Waals surface area (Å²) in [6.07, 6.45) is 4.49. The smallest absolute Gasteiger partial charge is 0.232 e. The summed E-state index contributed by atoms with van der Waals surface area (Å²) in [7, 11) is 0. The number of ether oxygens (including phenoxy) is 1. The van der Waals surface area contributed by atoms with Crippen molar-refractivity contribution in [2.24, 2.45) is 5.92 Å². The maximum Gasteiger partial charge on any atom is 0.232 e. The number of nitrogens with zero attached hydrogens (tertiary/aromatic N) is 1. The molecule has 0 aromatic carbocycles. The first-order valence-electron chi connectivity index (χ1n) is 6.62. The van der Waals surface area contributed by atoms with E-state index in [1.165, 1.54) is 4.90 Å². The lowest BCUT2D eigenvalue weighted by Gasteiger charge is -2.36. The Morgan fingerprint density at radius 3 is 2.59 bits per heavy atom. The fourth-order valence-electron chi connectivity index (χ4n) is 2.94. The molecule has 1 saturated heterocycles. The zero-order chi connectivity index (χ0) is 12.4. The highest BCUT2D eigenvalue weighted by Gasteiger charge is 2.43. The second-order valence-corrected chi connectivity index (χ2v) is 5.05. The van der Waals surface area contributed by atoms with Gasteiger partial charge in [0.2, 0.25) is 11.8 Å². The Morgan fingerprint density at radius 2 is 2.00 bits per heavy atom. The second kappa shape index (κ2) is 5.17. The fourth-order valence-corrected chi connectivity index (χ4v) is 2.94. The summed E-state index contributed by atoms with van der Waals surface area (Å²) in [6.45, 7) is 4.44. The first-order chi connectivity index (χ1) is 8.15. The van der Waals surface area contributed by atoms with Gasteiger partial charge < -0.3 is 4.74 Å². The summed E-state index contributed by atoms with van der Waals surface area (Å²) in [5.41, 5.74) is 0. The Bertz CT molecular complexity index is 314. The van der Waals surface area contributed by atoms with Gasteiger partial charge in [0, 0.05) is 18.9 Å². The van der Waals surface area contributed by atoms with Crippen LogP contribution in [0.4, 0.5) is 0 Å². The highest BCUT2D eigenvalue weighted by atomic mass is 16.5. The van der Waals surface area contributed by atoms with Crippen molar-refractivity contribution in [3.8, 4) is 0 Å². The first kappa shape index (κ1) is 12.6. The Balaban J connectivity index is 2.13. The van der Waals surface area contributed by atoms with Crippen LogP contribution in [0.5, 0.6) is 0 Å². The highest BCUT2D eigenvalue weighted by Crippen LogP contribution is 2.31. The average Bonchev–Trinajstić information content (AvgIpc) is 2.55. The Labute approximate surface area is 102 Å². The predicted molar refractivity (Wildman–Crippen MR) is 63.3 cm³/mol. The van der Waals surface area contributed by atoms with E-state index in [-0.39, 0.29) is 29.9 Å². The van der Waals surface area contributed by atoms with E-state index < -0.39 is 0 Å². The number of likely N-dealkylation sites (tertiary alicyclic amines) is 1. The molecule has 4 heteroatoms. The molecule has 3 atom stereocenters. The van der Waals surface area contributed by atoms with Crippen LogP contribution >= 0.6 is 0 Å². The van der Waals surface area contributed by atoms with Gasteiger partial charge >= 0.3 is 0 Å². The lowest BCUT2D eigenvalue weighted by atomic mass is 9.91. The lowest BCUT2D eigenvalue weighted by molar-refractivity contribution is -0.147. The van der Waals surface area contributed by atoms with E-state index in [0.29, 0.717) is 13.0 Å². The minimum Gasteiger partial charge on any atom is -0.376 e. The van der Waals surface area contributed by atoms with Crippen LogP contribution in [0.2, 0.25) is 0 Å². The normalized spacial score (nSPS) is 34.5. The topological polar surface area (TPSA) is 46.6 Å². The summed E-state index contributed by atoms with van der Waals surface area (Å²) < 4.78 is 5.69. The van der Waals surface area contributed by atoms with Crippen molar-refractivity contribution in [1.29, 1.82) is 0 Å². The number of imide groups is 1. The molecule has 1 heterocycles. The quantitative estimate of drug-likeness (QED) is 0.705. The fraction of sp³-hybridized carbons (Fsp3) is 0.846. The van der Waals surface area contributed by atoms with E-state index in [1.807, 2.05) is 13.8 Å². The Kier molecular flexibility index (Phi) is 3.82. The second-order valence-electron chi connectivity index (χ2n) is 5.05. The monoisotopic (exact) mass is 239 g/mol. The third-order valence-corrected chi connectivity index (χ3v) is 3.79. The van der Waals surface area contributed by atoms with Gasteiger partial charge in [0.1, 0.15) is 0 Å². The summed E-state index contributed by atoms with van der Waals surface area (Å²) in [5, 5.41) is 0. The van der Waals surface area contributed by atoms with Gasteiger partial charge in [-0.05, 0) is 19.8 Å². The van der Waals surface area contributed by atoms with Gasteiger partial charge in [-0.25, -0.2) is 0 Å². The number of rotatable bonds is 3. The maximum absolute atomic E-state index is 12.0. The van der Waals surface area contributed by atoms with E-state index in [1.54, 1.807) is 0 Å². The van der Waals surface area contributed by atoms with Crippen LogP contribution in [0, 0.1) is 5.92 Å². The van der Waals surface area contributed by atoms with Crippen LogP contribution in [0.1, 0.15) is 46.0 Å². The Hall–Kier alpha value is -0.900. The van der Waals surface area contributed by atoms with E-state index in [2.05, 4.69) is 0 Å². The van der Waals surface area contributed by atoms with Crippen molar-refractivity contribution in [3.63, 3.8) is 0 Å². The van der Waals surface area contributed by atoms with E-state index in [4.69, 9.17) is 4.74 Å². The highest BCUT2D eigenvalue weighted by molar-refractivity contribution is 6.03. The number of carbonyl (C=O) groups excluding carboxylic acids is 2. The van der Waals surface area contributed by atoms with Gasteiger partial charge in [0.05, 0.1) is 12.1 Å². The molecular formula is C13H21NO3. The molecule has 2 fully saturated rings. The zero-order valence-electron chi connectivity index (χ0n) is 10.6. The molecule has 0 spiro atoms. The van der Waals surface area contributed by atoms with Crippen LogP contribution in [-0.4, -0.2) is 35.5 Å². The molecule has 0 aromatic heterocycles. The van der Waals surface area contributed by atoms with Gasteiger partial charge in [-0.1, -0.05) is 19.8 Å². The third-order valence-electron chi connectivity index (χ3n) is 3.79. The molecule has 2 rings (SSSR count). The molecule has 17 heavy (non-hydrogen) atoms. The molecule has 2 aliphatic rings. The Morgan fingerprint density at radius 1 is 1.29 bits per heavy atom. The molecule has 0 bridgehead atoms. The molecule has 4 nitrogen and oxygen atoms in total. The molecule has 1 saturated carbocycles. The molecule has 0 N–H and O–H groups in total. The number of carbonyl (C=O) groups is 2. The predicted octanol–water partition coefficient (Wildman–Crippen LogP) is 1.73. The molecule has 96 valence electrons. The van der Waals surface area contributed by atoms with Gasteiger partial charge in [0.15, 0.2) is 0 Å². The summed E-state index contributed by atoms with van der Waals surface area (Å²) in [6, 6.07) is -0.0198. The molecule has 1 aliphatic carbocycles. The van der Waals surface area contributed by atoms with Crippen LogP contribution < -0.4 is 0 Å². The van der Waals surface area contributed by atoms with E-state index >= 15 is 0 Å². The first-order valence-corrected chi connectivity index (χ1v) is 6.62. The molecular weight excluding hydrogens is 218 g/mol. The van der Waals surface area contributed by atoms with Crippen molar-refractivity contribution in [2.45, 2.75) is 58.1 Å². The summed E-state index contributed by atoms with van der Waals surface area (Å²) >= 11 is 0. The van der Waals surface area contributed by atoms with Crippen LogP contribution in [0.3, 0.4) is 0 Å². The van der Waals surface area contributed by atoms with Crippen LogP contribution in [0.15, 0.2) is 0 Å². The SMILES string of the molecule is CCO[C@@H]1CCCCC1N1C(=O)C[C@@H](C)C1=O. The zero-order valence-corrected chi connectivity index (χ0v) is 10.6. The standard InChI is InChI=1S/C13H21NO3/c1-3-17-11-7-5-4-6-10(11)14-12(15)8-9(2)13(14)16/h9-11H,3-8H2,1-2H3/t9-,10?,11-/m1/s1. The minimum atomic E-state index is -0.147. The number of hydrogen-bond donors (Lipinski definition) is 0. The molecule has 0 aromatic rings. The third kappa shape index (κ3) is 2.37. The molecule has 1 aliphatic heterocycles. The van der Waals surface area contributed by atoms with Crippen molar-refractivity contribution in [3.05, 3.63) is 0 Å². The minimum absolute atomic E-state index is 0.00777. The largest absolute Gasteiger partial charge is 0.376 e. The van der Waals surface area contributed by atoms with E-state index in [0.717, 1.165) is 25.7 Å². The van der Waals surface area contributed by atoms with Crippen molar-refractivity contribution in [2.75, 3.05) is 6.61 Å². The molecule has 1 unspecified atom stereocenters. The van der Waals surface area contributed by atoms with Crippen LogP contribution in [0.25, 0.3) is 0 Å². The molecule has 0 radical (unpaired) electrons. The molecule has 2 amide bonds. The van der Waals surface area contributed by atoms with Gasteiger partial charge in [0.25, 0.3) is 0 Å². The van der Waals surface area contributed by atoms with E-state index in [9.17, 15) is 9.59 Å². The van der Waals surface area contributed by atoms with Crippen molar-refractivity contribution >= 4 is 11.8 Å². The number of amides is 2. The van der Waals surface area contributed by atoms with Crippen molar-refractivity contribution < 1.29 is 14.3 Å². The van der Waals surface area contributed by atoms with Gasteiger partial charge in [-0.15, -0.1) is 0 Å². The van der Waals surface area contributed by atoms with Crippen molar-refractivity contribution in [1.82, 2.24) is 4.90 Å². The van der Waals surface area contributed by atoms with Crippen LogP contribution in [-0.2, 0) is 14.3 Å². The lowest BCUT2D eigenvalue weighted by Crippen LogP contribution is -2.49. The average molecular weight is 239 g/mol. The summed E-state index contributed by atoms with van der Waals surface area (Å²) in [5.74, 6) is -0.169. The number of hydrogen-bond acceptors (Lipinski definition) is 3. The maximum atomic E-state index is 12.0. The summed E-state index contributed by atoms with van der Waals surface area (Å²) in [4.78, 5) is 25.4. The van der Waals surface area contributed by atoms with Gasteiger partial charge in [-0.2, -0.15) is 0 Å².